The topological polar surface area (TPSA) is 53.6 Å². The van der Waals surface area contributed by atoms with Crippen molar-refractivity contribution >= 4 is 6.03 Å². The van der Waals surface area contributed by atoms with Crippen LogP contribution < -0.4 is 15.4 Å². The van der Waals surface area contributed by atoms with E-state index in [4.69, 9.17) is 4.74 Å². The maximum atomic E-state index is 11.9. The Kier molecular flexibility index (Phi) is 3.29. The van der Waals surface area contributed by atoms with Gasteiger partial charge >= 0.3 is 6.03 Å². The number of nitrogens with zero attached hydrogens (tertiary/aromatic N) is 1. The van der Waals surface area contributed by atoms with Crippen molar-refractivity contribution in [1.82, 2.24) is 15.5 Å². The predicted octanol–water partition coefficient (Wildman–Crippen LogP) is 1.12. The van der Waals surface area contributed by atoms with Crippen LogP contribution in [0.5, 0.6) is 5.75 Å². The fourth-order valence-corrected chi connectivity index (χ4v) is 2.52. The Hall–Kier alpha value is -1.75. The molecule has 2 saturated heterocycles. The largest absolute Gasteiger partial charge is 0.494 e. The van der Waals surface area contributed by atoms with Crippen LogP contribution in [-0.2, 0) is 0 Å². The van der Waals surface area contributed by atoms with Crippen molar-refractivity contribution < 1.29 is 9.53 Å². The van der Waals surface area contributed by atoms with Gasteiger partial charge < -0.3 is 20.3 Å². The molecule has 1 aromatic carbocycles. The molecular formula is C14H19N3O2. The number of amides is 2. The predicted molar refractivity (Wildman–Crippen MR) is 72.2 cm³/mol. The van der Waals surface area contributed by atoms with E-state index in [1.165, 1.54) is 0 Å². The number of urea groups is 1. The zero-order valence-electron chi connectivity index (χ0n) is 11.1. The van der Waals surface area contributed by atoms with Gasteiger partial charge in [-0.25, -0.2) is 4.79 Å². The molecule has 5 nitrogen and oxygen atoms in total. The van der Waals surface area contributed by atoms with Gasteiger partial charge in [-0.2, -0.15) is 0 Å². The molecule has 2 aliphatic heterocycles. The molecule has 2 fully saturated rings. The molecule has 0 aliphatic carbocycles. The molecule has 0 bridgehead atoms. The van der Waals surface area contributed by atoms with E-state index in [1.807, 2.05) is 36.1 Å². The van der Waals surface area contributed by atoms with Crippen molar-refractivity contribution in [1.29, 1.82) is 0 Å². The smallest absolute Gasteiger partial charge is 0.318 e. The summed E-state index contributed by atoms with van der Waals surface area (Å²) >= 11 is 0. The minimum atomic E-state index is 0.0467. The molecule has 0 spiro atoms. The summed E-state index contributed by atoms with van der Waals surface area (Å²) in [6.45, 7) is 5.20. The highest BCUT2D eigenvalue weighted by Gasteiger charge is 2.36. The Bertz CT molecular complexity index is 456. The van der Waals surface area contributed by atoms with E-state index in [-0.39, 0.29) is 12.1 Å². The zero-order chi connectivity index (χ0) is 13.2. The van der Waals surface area contributed by atoms with Crippen LogP contribution in [0.2, 0.25) is 0 Å². The lowest BCUT2D eigenvalue weighted by atomic mass is 10.1. The average molecular weight is 261 g/mol. The summed E-state index contributed by atoms with van der Waals surface area (Å²) in [4.78, 5) is 13.9. The second-order valence-corrected chi connectivity index (χ2v) is 4.97. The molecule has 2 heterocycles. The molecule has 0 aromatic heterocycles. The molecule has 5 heteroatoms. The van der Waals surface area contributed by atoms with Gasteiger partial charge in [0.25, 0.3) is 0 Å². The average Bonchev–Trinajstić information content (AvgIpc) is 2.71. The number of hydrogen-bond donors (Lipinski definition) is 2. The number of carbonyl (C=O) groups excluding carboxylic acids is 1. The van der Waals surface area contributed by atoms with Gasteiger partial charge in [0.15, 0.2) is 0 Å². The Labute approximate surface area is 112 Å². The Morgan fingerprint density at radius 3 is 2.63 bits per heavy atom. The van der Waals surface area contributed by atoms with Crippen LogP contribution in [0.15, 0.2) is 24.3 Å². The normalized spacial score (nSPS) is 23.1. The number of ether oxygens (including phenoxy) is 1. The Morgan fingerprint density at radius 1 is 1.32 bits per heavy atom. The standard InChI is InChI=1S/C14H19N3O2/c1-2-19-12-5-3-10(4-6-12)13-9-17(14(18)16-13)11-7-15-8-11/h3-6,11,13,15H,2,7-9H2,1H3,(H,16,18). The molecule has 1 aromatic rings. The Morgan fingerprint density at radius 2 is 2.05 bits per heavy atom. The minimum absolute atomic E-state index is 0.0467. The van der Waals surface area contributed by atoms with E-state index in [0.29, 0.717) is 12.6 Å². The molecule has 102 valence electrons. The van der Waals surface area contributed by atoms with Crippen molar-refractivity contribution in [2.75, 3.05) is 26.2 Å². The van der Waals surface area contributed by atoms with E-state index >= 15 is 0 Å². The van der Waals surface area contributed by atoms with Gasteiger partial charge in [-0.3, -0.25) is 0 Å². The van der Waals surface area contributed by atoms with E-state index in [0.717, 1.165) is 30.9 Å². The summed E-state index contributed by atoms with van der Waals surface area (Å²) in [7, 11) is 0. The molecule has 19 heavy (non-hydrogen) atoms. The van der Waals surface area contributed by atoms with Crippen LogP contribution in [0.25, 0.3) is 0 Å². The van der Waals surface area contributed by atoms with E-state index in [2.05, 4.69) is 10.6 Å². The zero-order valence-corrected chi connectivity index (χ0v) is 11.1. The SMILES string of the molecule is CCOc1ccc(C2CN(C3CNC3)C(=O)N2)cc1. The number of nitrogens with one attached hydrogen (secondary N) is 2. The van der Waals surface area contributed by atoms with Gasteiger partial charge in [-0.1, -0.05) is 12.1 Å². The van der Waals surface area contributed by atoms with Crippen molar-refractivity contribution in [3.8, 4) is 5.75 Å². The lowest BCUT2D eigenvalue weighted by molar-refractivity contribution is 0.172. The van der Waals surface area contributed by atoms with Crippen LogP contribution in [0.1, 0.15) is 18.5 Å². The highest BCUT2D eigenvalue weighted by molar-refractivity contribution is 5.77. The lowest BCUT2D eigenvalue weighted by Crippen LogP contribution is -2.57. The maximum Gasteiger partial charge on any atom is 0.318 e. The molecule has 1 atom stereocenters. The fourth-order valence-electron chi connectivity index (χ4n) is 2.52. The number of benzene rings is 1. The van der Waals surface area contributed by atoms with Crippen LogP contribution >= 0.6 is 0 Å². The monoisotopic (exact) mass is 261 g/mol. The first-order valence-electron chi connectivity index (χ1n) is 6.78. The maximum absolute atomic E-state index is 11.9. The second-order valence-electron chi connectivity index (χ2n) is 4.97. The van der Waals surface area contributed by atoms with Gasteiger partial charge in [0.1, 0.15) is 5.75 Å². The van der Waals surface area contributed by atoms with Gasteiger partial charge in [-0.15, -0.1) is 0 Å². The Balaban J connectivity index is 1.67. The minimum Gasteiger partial charge on any atom is -0.494 e. The van der Waals surface area contributed by atoms with Crippen LogP contribution in [0.3, 0.4) is 0 Å². The van der Waals surface area contributed by atoms with E-state index in [9.17, 15) is 4.79 Å². The van der Waals surface area contributed by atoms with Crippen LogP contribution in [0.4, 0.5) is 4.79 Å². The molecule has 0 saturated carbocycles. The quantitative estimate of drug-likeness (QED) is 0.854. The van der Waals surface area contributed by atoms with Crippen molar-refractivity contribution in [2.45, 2.75) is 19.0 Å². The van der Waals surface area contributed by atoms with Gasteiger partial charge in [0.2, 0.25) is 0 Å². The first kappa shape index (κ1) is 12.3. The highest BCUT2D eigenvalue weighted by atomic mass is 16.5. The third-order valence-electron chi connectivity index (χ3n) is 3.73. The molecule has 2 N–H and O–H groups in total. The summed E-state index contributed by atoms with van der Waals surface area (Å²) in [5, 5.41) is 6.24. The number of hydrogen-bond acceptors (Lipinski definition) is 3. The molecule has 0 radical (unpaired) electrons. The van der Waals surface area contributed by atoms with Crippen molar-refractivity contribution in [2.24, 2.45) is 0 Å². The molecule has 2 aliphatic rings. The lowest BCUT2D eigenvalue weighted by Gasteiger charge is -2.34. The fraction of sp³-hybridized carbons (Fsp3) is 0.500. The third kappa shape index (κ3) is 2.38. The van der Waals surface area contributed by atoms with Gasteiger partial charge in [-0.05, 0) is 24.6 Å². The summed E-state index contributed by atoms with van der Waals surface area (Å²) in [6.07, 6.45) is 0. The van der Waals surface area contributed by atoms with Gasteiger partial charge in [0.05, 0.1) is 18.7 Å². The highest BCUT2D eigenvalue weighted by Crippen LogP contribution is 2.24. The first-order valence-corrected chi connectivity index (χ1v) is 6.78. The summed E-state index contributed by atoms with van der Waals surface area (Å²) in [5.74, 6) is 0.871. The third-order valence-corrected chi connectivity index (χ3v) is 3.73. The molecule has 1 unspecified atom stereocenters. The van der Waals surface area contributed by atoms with E-state index < -0.39 is 0 Å². The molecule has 2 amide bonds. The summed E-state index contributed by atoms with van der Waals surface area (Å²) in [6, 6.07) is 8.45. The number of rotatable bonds is 4. The second kappa shape index (κ2) is 5.09. The van der Waals surface area contributed by atoms with Gasteiger partial charge in [0, 0.05) is 19.6 Å². The number of carbonyl (C=O) groups is 1. The molecular weight excluding hydrogens is 242 g/mol. The first-order chi connectivity index (χ1) is 9.28. The van der Waals surface area contributed by atoms with Crippen LogP contribution in [-0.4, -0.2) is 43.2 Å². The van der Waals surface area contributed by atoms with E-state index in [1.54, 1.807) is 0 Å². The van der Waals surface area contributed by atoms with Crippen molar-refractivity contribution in [3.63, 3.8) is 0 Å². The van der Waals surface area contributed by atoms with Crippen LogP contribution in [0, 0.1) is 0 Å². The van der Waals surface area contributed by atoms with Crippen molar-refractivity contribution in [3.05, 3.63) is 29.8 Å². The summed E-state index contributed by atoms with van der Waals surface area (Å²) < 4.78 is 5.42. The molecule has 3 rings (SSSR count). The summed E-state index contributed by atoms with van der Waals surface area (Å²) in [5.41, 5.74) is 1.13.